The van der Waals surface area contributed by atoms with Gasteiger partial charge in [0.1, 0.15) is 0 Å². The number of carboxylic acid groups (broad SMARTS) is 1. The van der Waals surface area contributed by atoms with Crippen LogP contribution in [0.5, 0.6) is 0 Å². The molecule has 0 aliphatic rings. The molecule has 0 atom stereocenters. The molecule has 0 fully saturated rings. The van der Waals surface area contributed by atoms with E-state index in [9.17, 15) is 14.4 Å². The first-order valence-electron chi connectivity index (χ1n) is 5.28. The van der Waals surface area contributed by atoms with E-state index >= 15 is 0 Å². The van der Waals surface area contributed by atoms with E-state index in [0.29, 0.717) is 0 Å². The molecule has 0 spiro atoms. The summed E-state index contributed by atoms with van der Waals surface area (Å²) in [6, 6.07) is 0. The number of carboxylic acids is 1. The van der Waals surface area contributed by atoms with Gasteiger partial charge in [-0.2, -0.15) is 0 Å². The van der Waals surface area contributed by atoms with E-state index in [-0.39, 0.29) is 12.4 Å². The topological polar surface area (TPSA) is 106 Å². The predicted octanol–water partition coefficient (Wildman–Crippen LogP) is -0.998. The molecule has 18 heavy (non-hydrogen) atoms. The Hall–Kier alpha value is -2.12. The summed E-state index contributed by atoms with van der Waals surface area (Å²) >= 11 is 0. The lowest BCUT2D eigenvalue weighted by Crippen LogP contribution is -2.41. The Bertz CT molecular complexity index is 585. The normalized spacial score (nSPS) is 11.3. The Morgan fingerprint density at radius 2 is 1.94 bits per heavy atom. The Morgan fingerprint density at radius 1 is 1.39 bits per heavy atom. The van der Waals surface area contributed by atoms with Crippen LogP contribution in [-0.4, -0.2) is 32.0 Å². The highest BCUT2D eigenvalue weighted by molar-refractivity contribution is 5.74. The molecule has 0 aromatic carbocycles. The van der Waals surface area contributed by atoms with E-state index in [0.717, 1.165) is 9.25 Å². The van der Waals surface area contributed by atoms with Gasteiger partial charge in [-0.1, -0.05) is 0 Å². The quantitative estimate of drug-likeness (QED) is 0.715. The van der Waals surface area contributed by atoms with Crippen molar-refractivity contribution in [2.75, 3.05) is 11.9 Å². The molecule has 1 heterocycles. The molecule has 1 aromatic rings. The monoisotopic (exact) mass is 256 g/mol. The molecule has 0 aliphatic heterocycles. The molecule has 0 saturated heterocycles. The van der Waals surface area contributed by atoms with Gasteiger partial charge in [-0.15, -0.1) is 5.10 Å². The van der Waals surface area contributed by atoms with Crippen LogP contribution < -0.4 is 16.6 Å². The highest BCUT2D eigenvalue weighted by Gasteiger charge is 2.27. The van der Waals surface area contributed by atoms with Crippen LogP contribution in [0.1, 0.15) is 13.8 Å². The van der Waals surface area contributed by atoms with E-state index in [1.807, 2.05) is 0 Å². The lowest BCUT2D eigenvalue weighted by atomic mass is 9.94. The van der Waals surface area contributed by atoms with Crippen molar-refractivity contribution >= 4 is 11.8 Å². The van der Waals surface area contributed by atoms with Crippen LogP contribution in [0.4, 0.5) is 5.82 Å². The lowest BCUT2D eigenvalue weighted by molar-refractivity contribution is -0.146. The fourth-order valence-electron chi connectivity index (χ4n) is 1.19. The van der Waals surface area contributed by atoms with Crippen LogP contribution in [0.3, 0.4) is 0 Å². The summed E-state index contributed by atoms with van der Waals surface area (Å²) in [6.07, 6.45) is 0. The molecular weight excluding hydrogens is 240 g/mol. The maximum absolute atomic E-state index is 11.7. The summed E-state index contributed by atoms with van der Waals surface area (Å²) in [5.74, 6) is -1.04. The highest BCUT2D eigenvalue weighted by atomic mass is 16.4. The Kier molecular flexibility index (Phi) is 3.59. The summed E-state index contributed by atoms with van der Waals surface area (Å²) in [7, 11) is 2.75. The van der Waals surface area contributed by atoms with E-state index in [1.165, 1.54) is 27.9 Å². The molecule has 1 rings (SSSR count). The van der Waals surface area contributed by atoms with Gasteiger partial charge in [0.25, 0.3) is 5.56 Å². The smallest absolute Gasteiger partial charge is 0.346 e. The third-order valence-electron chi connectivity index (χ3n) is 2.60. The summed E-state index contributed by atoms with van der Waals surface area (Å²) < 4.78 is 1.92. The van der Waals surface area contributed by atoms with Crippen molar-refractivity contribution in [1.82, 2.24) is 14.3 Å². The van der Waals surface area contributed by atoms with Gasteiger partial charge in [-0.25, -0.2) is 9.48 Å². The van der Waals surface area contributed by atoms with Gasteiger partial charge in [0.15, 0.2) is 0 Å². The standard InChI is InChI=1S/C10H16N4O4/c1-10(2,8(16)17)5-11-6-7(15)13(3)9(18)14(4)12-6/h5H2,1-4H3,(H,11,12)(H,16,17). The van der Waals surface area contributed by atoms with Crippen LogP contribution in [0, 0.1) is 5.41 Å². The number of hydrogen-bond donors (Lipinski definition) is 2. The average molecular weight is 256 g/mol. The molecule has 0 unspecified atom stereocenters. The molecule has 0 bridgehead atoms. The minimum absolute atomic E-state index is 0.0305. The number of rotatable bonds is 4. The molecular formula is C10H16N4O4. The molecule has 1 aromatic heterocycles. The SMILES string of the molecule is Cn1nc(NCC(C)(C)C(=O)O)c(=O)n(C)c1=O. The average Bonchev–Trinajstić information content (AvgIpc) is 2.29. The molecule has 0 amide bonds. The van der Waals surface area contributed by atoms with Crippen LogP contribution in [-0.2, 0) is 18.9 Å². The van der Waals surface area contributed by atoms with Gasteiger partial charge in [-0.05, 0) is 13.8 Å². The van der Waals surface area contributed by atoms with Crippen molar-refractivity contribution < 1.29 is 9.90 Å². The van der Waals surface area contributed by atoms with E-state index in [2.05, 4.69) is 10.4 Å². The number of carbonyl (C=O) groups is 1. The summed E-state index contributed by atoms with van der Waals surface area (Å²) in [5, 5.41) is 15.4. The van der Waals surface area contributed by atoms with Gasteiger partial charge in [0.2, 0.25) is 5.82 Å². The number of hydrogen-bond acceptors (Lipinski definition) is 5. The first-order valence-corrected chi connectivity index (χ1v) is 5.28. The molecule has 2 N–H and O–H groups in total. The maximum atomic E-state index is 11.7. The van der Waals surface area contributed by atoms with Crippen LogP contribution in [0.15, 0.2) is 9.59 Å². The van der Waals surface area contributed by atoms with Crippen molar-refractivity contribution in [3.8, 4) is 0 Å². The Balaban J connectivity index is 3.05. The molecule has 0 saturated carbocycles. The number of anilines is 1. The van der Waals surface area contributed by atoms with Crippen LogP contribution in [0.25, 0.3) is 0 Å². The molecule has 0 radical (unpaired) electrons. The Morgan fingerprint density at radius 3 is 2.44 bits per heavy atom. The molecule has 0 aliphatic carbocycles. The first kappa shape index (κ1) is 13.9. The summed E-state index contributed by atoms with van der Waals surface area (Å²) in [5.41, 5.74) is -2.16. The number of aryl methyl sites for hydroxylation is 1. The van der Waals surface area contributed by atoms with E-state index in [4.69, 9.17) is 5.11 Å². The van der Waals surface area contributed by atoms with E-state index in [1.54, 1.807) is 0 Å². The lowest BCUT2D eigenvalue weighted by Gasteiger charge is -2.19. The van der Waals surface area contributed by atoms with Crippen LogP contribution in [0.2, 0.25) is 0 Å². The highest BCUT2D eigenvalue weighted by Crippen LogP contribution is 2.14. The number of aromatic nitrogens is 3. The second-order valence-electron chi connectivity index (χ2n) is 4.66. The minimum Gasteiger partial charge on any atom is -0.481 e. The van der Waals surface area contributed by atoms with Gasteiger partial charge in [0.05, 0.1) is 5.41 Å². The van der Waals surface area contributed by atoms with Gasteiger partial charge in [0, 0.05) is 20.6 Å². The number of aliphatic carboxylic acids is 1. The largest absolute Gasteiger partial charge is 0.481 e. The zero-order chi connectivity index (χ0) is 14.1. The predicted molar refractivity (Wildman–Crippen MR) is 64.6 cm³/mol. The van der Waals surface area contributed by atoms with Gasteiger partial charge < -0.3 is 10.4 Å². The van der Waals surface area contributed by atoms with Crippen molar-refractivity contribution in [2.24, 2.45) is 19.5 Å². The zero-order valence-electron chi connectivity index (χ0n) is 10.7. The number of nitrogens with one attached hydrogen (secondary N) is 1. The molecule has 8 heteroatoms. The van der Waals surface area contributed by atoms with E-state index < -0.39 is 22.6 Å². The zero-order valence-corrected chi connectivity index (χ0v) is 10.7. The number of nitrogens with zero attached hydrogens (tertiary/aromatic N) is 3. The fourth-order valence-corrected chi connectivity index (χ4v) is 1.19. The van der Waals surface area contributed by atoms with Gasteiger partial charge in [-0.3, -0.25) is 14.2 Å². The van der Waals surface area contributed by atoms with Crippen molar-refractivity contribution in [3.05, 3.63) is 20.8 Å². The third kappa shape index (κ3) is 2.58. The van der Waals surface area contributed by atoms with Crippen LogP contribution >= 0.6 is 0 Å². The summed E-state index contributed by atoms with van der Waals surface area (Å²) in [6.45, 7) is 3.08. The summed E-state index contributed by atoms with van der Waals surface area (Å²) in [4.78, 5) is 34.0. The maximum Gasteiger partial charge on any atom is 0.346 e. The Labute approximate surface area is 103 Å². The fraction of sp³-hybridized carbons (Fsp3) is 0.600. The van der Waals surface area contributed by atoms with Crippen molar-refractivity contribution in [3.63, 3.8) is 0 Å². The van der Waals surface area contributed by atoms with Crippen molar-refractivity contribution in [2.45, 2.75) is 13.8 Å². The third-order valence-corrected chi connectivity index (χ3v) is 2.60. The second-order valence-corrected chi connectivity index (χ2v) is 4.66. The van der Waals surface area contributed by atoms with Gasteiger partial charge >= 0.3 is 11.7 Å². The second kappa shape index (κ2) is 4.63. The van der Waals surface area contributed by atoms with Crippen molar-refractivity contribution in [1.29, 1.82) is 0 Å². The molecule has 8 nitrogen and oxygen atoms in total. The molecule has 100 valence electrons. The first-order chi connectivity index (χ1) is 8.16. The minimum atomic E-state index is -1.04.